The summed E-state index contributed by atoms with van der Waals surface area (Å²) in [6.45, 7) is 2.12. The van der Waals surface area contributed by atoms with Crippen LogP contribution in [0.2, 0.25) is 0 Å². The van der Waals surface area contributed by atoms with Crippen molar-refractivity contribution in [2.75, 3.05) is 13.1 Å². The summed E-state index contributed by atoms with van der Waals surface area (Å²) < 4.78 is 0. The van der Waals surface area contributed by atoms with E-state index in [1.807, 2.05) is 0 Å². The Kier molecular flexibility index (Phi) is 6.45. The minimum absolute atomic E-state index is 0.266. The molecule has 2 aromatic rings. The standard InChI is InChI=1S/C22H29NO/c24-22(23-17-8-3-9-18-23)16-10-15-21(19-11-4-1-5-12-19)20-13-6-2-7-14-20/h1-2,4-7,11-14,21-22,24H,3,8-10,15-18H2. The first-order chi connectivity index (χ1) is 11.8. The van der Waals surface area contributed by atoms with Crippen LogP contribution in [0.5, 0.6) is 0 Å². The van der Waals surface area contributed by atoms with Gasteiger partial charge in [0.05, 0.1) is 0 Å². The minimum atomic E-state index is -0.266. The Labute approximate surface area is 146 Å². The molecule has 2 nitrogen and oxygen atoms in total. The SMILES string of the molecule is OC(CCCC(c1ccccc1)c1ccccc1)N1CCCCC1. The molecule has 1 atom stereocenters. The number of hydrogen-bond acceptors (Lipinski definition) is 2. The summed E-state index contributed by atoms with van der Waals surface area (Å²) in [5.74, 6) is 0.418. The average Bonchev–Trinajstić information content (AvgIpc) is 2.67. The molecule has 128 valence electrons. The molecule has 0 bridgehead atoms. The molecule has 24 heavy (non-hydrogen) atoms. The molecule has 1 fully saturated rings. The highest BCUT2D eigenvalue weighted by Gasteiger charge is 2.19. The first kappa shape index (κ1) is 17.2. The maximum atomic E-state index is 10.5. The van der Waals surface area contributed by atoms with Crippen LogP contribution in [0.4, 0.5) is 0 Å². The monoisotopic (exact) mass is 323 g/mol. The van der Waals surface area contributed by atoms with Gasteiger partial charge in [-0.25, -0.2) is 0 Å². The topological polar surface area (TPSA) is 23.5 Å². The van der Waals surface area contributed by atoms with E-state index in [1.165, 1.54) is 30.4 Å². The average molecular weight is 323 g/mol. The summed E-state index contributed by atoms with van der Waals surface area (Å²) in [4.78, 5) is 2.25. The number of aliphatic hydroxyl groups excluding tert-OH is 1. The minimum Gasteiger partial charge on any atom is -0.378 e. The maximum absolute atomic E-state index is 10.5. The lowest BCUT2D eigenvalue weighted by Gasteiger charge is -2.31. The fourth-order valence-corrected chi connectivity index (χ4v) is 3.80. The lowest BCUT2D eigenvalue weighted by atomic mass is 9.87. The summed E-state index contributed by atoms with van der Waals surface area (Å²) in [6, 6.07) is 21.5. The van der Waals surface area contributed by atoms with E-state index in [0.29, 0.717) is 5.92 Å². The first-order valence-electron chi connectivity index (χ1n) is 9.36. The van der Waals surface area contributed by atoms with Gasteiger partial charge < -0.3 is 5.11 Å². The molecule has 0 saturated carbocycles. The smallest absolute Gasteiger partial charge is 0.107 e. The molecule has 3 rings (SSSR count). The number of aliphatic hydroxyl groups is 1. The van der Waals surface area contributed by atoms with Crippen LogP contribution in [-0.4, -0.2) is 29.3 Å². The van der Waals surface area contributed by atoms with Gasteiger partial charge in [-0.3, -0.25) is 4.90 Å². The fourth-order valence-electron chi connectivity index (χ4n) is 3.80. The van der Waals surface area contributed by atoms with E-state index in [4.69, 9.17) is 0 Å². The van der Waals surface area contributed by atoms with Crippen molar-refractivity contribution >= 4 is 0 Å². The van der Waals surface area contributed by atoms with Crippen molar-refractivity contribution in [3.8, 4) is 0 Å². The van der Waals surface area contributed by atoms with Gasteiger partial charge in [0.15, 0.2) is 0 Å². The molecule has 0 radical (unpaired) electrons. The summed E-state index contributed by atoms with van der Waals surface area (Å²) in [5, 5.41) is 10.5. The molecule has 0 aromatic heterocycles. The summed E-state index contributed by atoms with van der Waals surface area (Å²) in [5.41, 5.74) is 2.74. The van der Waals surface area contributed by atoms with Gasteiger partial charge in [-0.05, 0) is 43.2 Å². The quantitative estimate of drug-likeness (QED) is 0.791. The normalized spacial score (nSPS) is 17.1. The van der Waals surface area contributed by atoms with E-state index < -0.39 is 0 Å². The zero-order chi connectivity index (χ0) is 16.6. The van der Waals surface area contributed by atoms with E-state index in [9.17, 15) is 5.11 Å². The van der Waals surface area contributed by atoms with Crippen molar-refractivity contribution in [1.29, 1.82) is 0 Å². The Hall–Kier alpha value is -1.64. The second-order valence-corrected chi connectivity index (χ2v) is 6.88. The Morgan fingerprint density at radius 3 is 1.83 bits per heavy atom. The van der Waals surface area contributed by atoms with Crippen molar-refractivity contribution in [3.05, 3.63) is 71.8 Å². The molecule has 0 amide bonds. The maximum Gasteiger partial charge on any atom is 0.107 e. The van der Waals surface area contributed by atoms with Crippen LogP contribution in [0.25, 0.3) is 0 Å². The predicted molar refractivity (Wildman–Crippen MR) is 100 cm³/mol. The molecule has 1 aliphatic rings. The molecule has 1 aliphatic heterocycles. The summed E-state index contributed by atoms with van der Waals surface area (Å²) >= 11 is 0. The van der Waals surface area contributed by atoms with Gasteiger partial charge in [0.25, 0.3) is 0 Å². The molecule has 2 heteroatoms. The number of rotatable bonds is 7. The number of piperidine rings is 1. The van der Waals surface area contributed by atoms with Crippen LogP contribution in [0.3, 0.4) is 0 Å². The number of likely N-dealkylation sites (tertiary alicyclic amines) is 1. The molecule has 1 unspecified atom stereocenters. The number of hydrogen-bond donors (Lipinski definition) is 1. The molecule has 0 aliphatic carbocycles. The molecular formula is C22H29NO. The van der Waals surface area contributed by atoms with Crippen LogP contribution >= 0.6 is 0 Å². The fraction of sp³-hybridized carbons (Fsp3) is 0.455. The molecule has 1 N–H and O–H groups in total. The third-order valence-corrected chi connectivity index (χ3v) is 5.17. The van der Waals surface area contributed by atoms with Crippen LogP contribution in [0.1, 0.15) is 55.6 Å². The first-order valence-corrected chi connectivity index (χ1v) is 9.36. The van der Waals surface area contributed by atoms with E-state index >= 15 is 0 Å². The van der Waals surface area contributed by atoms with Crippen molar-refractivity contribution < 1.29 is 5.11 Å². The third kappa shape index (κ3) is 4.68. The Balaban J connectivity index is 1.60. The Bertz CT molecular complexity index is 538. The van der Waals surface area contributed by atoms with Crippen LogP contribution in [-0.2, 0) is 0 Å². The molecule has 2 aromatic carbocycles. The van der Waals surface area contributed by atoms with Crippen molar-refractivity contribution in [3.63, 3.8) is 0 Å². The Morgan fingerprint density at radius 2 is 1.29 bits per heavy atom. The zero-order valence-corrected chi connectivity index (χ0v) is 14.5. The van der Waals surface area contributed by atoms with Gasteiger partial charge in [0.1, 0.15) is 6.23 Å². The van der Waals surface area contributed by atoms with Gasteiger partial charge in [-0.2, -0.15) is 0 Å². The van der Waals surface area contributed by atoms with Crippen molar-refractivity contribution in [2.45, 2.75) is 50.7 Å². The second kappa shape index (κ2) is 9.00. The lowest BCUT2D eigenvalue weighted by molar-refractivity contribution is -0.0149. The van der Waals surface area contributed by atoms with Crippen LogP contribution in [0.15, 0.2) is 60.7 Å². The second-order valence-electron chi connectivity index (χ2n) is 6.88. The van der Waals surface area contributed by atoms with Gasteiger partial charge in [-0.1, -0.05) is 67.1 Å². The largest absolute Gasteiger partial charge is 0.378 e. The van der Waals surface area contributed by atoms with Gasteiger partial charge in [0, 0.05) is 19.0 Å². The highest BCUT2D eigenvalue weighted by molar-refractivity contribution is 5.32. The third-order valence-electron chi connectivity index (χ3n) is 5.17. The van der Waals surface area contributed by atoms with E-state index in [1.54, 1.807) is 0 Å². The van der Waals surface area contributed by atoms with E-state index in [-0.39, 0.29) is 6.23 Å². The van der Waals surface area contributed by atoms with Gasteiger partial charge >= 0.3 is 0 Å². The van der Waals surface area contributed by atoms with E-state index in [0.717, 1.165) is 32.4 Å². The lowest BCUT2D eigenvalue weighted by Crippen LogP contribution is -2.39. The van der Waals surface area contributed by atoms with Gasteiger partial charge in [0.2, 0.25) is 0 Å². The number of nitrogens with zero attached hydrogens (tertiary/aromatic N) is 1. The van der Waals surface area contributed by atoms with Crippen molar-refractivity contribution in [1.82, 2.24) is 4.90 Å². The highest BCUT2D eigenvalue weighted by Crippen LogP contribution is 2.30. The highest BCUT2D eigenvalue weighted by atomic mass is 16.3. The zero-order valence-electron chi connectivity index (χ0n) is 14.5. The molecule has 0 spiro atoms. The van der Waals surface area contributed by atoms with Gasteiger partial charge in [-0.15, -0.1) is 0 Å². The van der Waals surface area contributed by atoms with Crippen LogP contribution in [0, 0.1) is 0 Å². The summed E-state index contributed by atoms with van der Waals surface area (Å²) in [7, 11) is 0. The van der Waals surface area contributed by atoms with E-state index in [2.05, 4.69) is 65.6 Å². The number of benzene rings is 2. The van der Waals surface area contributed by atoms with Crippen LogP contribution < -0.4 is 0 Å². The molecule has 1 heterocycles. The summed E-state index contributed by atoms with van der Waals surface area (Å²) in [6.07, 6.45) is 6.51. The predicted octanol–water partition coefficient (Wildman–Crippen LogP) is 4.79. The molecular weight excluding hydrogens is 294 g/mol. The molecule has 1 saturated heterocycles. The Morgan fingerprint density at radius 1 is 0.750 bits per heavy atom. The van der Waals surface area contributed by atoms with Crippen molar-refractivity contribution in [2.24, 2.45) is 0 Å².